The monoisotopic (exact) mass is 283 g/mol. The molecule has 0 bridgehead atoms. The minimum atomic E-state index is -0.330. The number of amides is 1. The Labute approximate surface area is 121 Å². The second-order valence-corrected chi connectivity index (χ2v) is 4.84. The molecule has 21 heavy (non-hydrogen) atoms. The van der Waals surface area contributed by atoms with Gasteiger partial charge in [0.1, 0.15) is 17.3 Å². The summed E-state index contributed by atoms with van der Waals surface area (Å²) in [5.74, 6) is 0.905. The van der Waals surface area contributed by atoms with Gasteiger partial charge in [0.15, 0.2) is 0 Å². The Morgan fingerprint density at radius 1 is 1.10 bits per heavy atom. The summed E-state index contributed by atoms with van der Waals surface area (Å²) in [4.78, 5) is 12.3. The number of aryl methyl sites for hydroxylation is 1. The minimum Gasteiger partial charge on any atom is -0.465 e. The maximum Gasteiger partial charge on any atom is 0.252 e. The first kappa shape index (κ1) is 13.4. The molecule has 0 aliphatic carbocycles. The molecule has 1 N–H and O–H groups in total. The lowest BCUT2D eigenvalue weighted by Crippen LogP contribution is -2.22. The van der Waals surface area contributed by atoms with Crippen molar-refractivity contribution in [2.24, 2.45) is 0 Å². The minimum absolute atomic E-state index is 0.250. The molecule has 1 heterocycles. The van der Waals surface area contributed by atoms with E-state index in [1.54, 1.807) is 24.3 Å². The number of carbonyl (C=O) groups excluding carboxylic acids is 1. The number of rotatable bonds is 3. The van der Waals surface area contributed by atoms with Crippen LogP contribution in [0.4, 0.5) is 4.39 Å². The van der Waals surface area contributed by atoms with E-state index in [0.717, 1.165) is 5.76 Å². The van der Waals surface area contributed by atoms with E-state index in [1.165, 1.54) is 12.1 Å². The third-order valence-corrected chi connectivity index (χ3v) is 3.33. The Kier molecular flexibility index (Phi) is 3.44. The van der Waals surface area contributed by atoms with Crippen molar-refractivity contribution in [1.82, 2.24) is 5.32 Å². The second-order valence-electron chi connectivity index (χ2n) is 4.84. The average molecular weight is 283 g/mol. The molecule has 0 fully saturated rings. The molecule has 0 aliphatic rings. The highest BCUT2D eigenvalue weighted by molar-refractivity contribution is 6.07. The van der Waals surface area contributed by atoms with Crippen LogP contribution in [0.25, 0.3) is 10.8 Å². The summed E-state index contributed by atoms with van der Waals surface area (Å²) in [6, 6.07) is 13.4. The highest BCUT2D eigenvalue weighted by Crippen LogP contribution is 2.21. The number of carbonyl (C=O) groups is 1. The van der Waals surface area contributed by atoms with Crippen molar-refractivity contribution < 1.29 is 13.6 Å². The zero-order chi connectivity index (χ0) is 14.8. The van der Waals surface area contributed by atoms with Crippen molar-refractivity contribution in [3.8, 4) is 0 Å². The van der Waals surface area contributed by atoms with Crippen molar-refractivity contribution in [2.75, 3.05) is 0 Å². The number of nitrogens with one attached hydrogen (secondary N) is 1. The lowest BCUT2D eigenvalue weighted by Gasteiger charge is -2.08. The molecule has 106 valence electrons. The van der Waals surface area contributed by atoms with Crippen LogP contribution in [-0.2, 0) is 6.54 Å². The molecule has 0 unspecified atom stereocenters. The van der Waals surface area contributed by atoms with E-state index in [2.05, 4.69) is 5.32 Å². The molecule has 1 aromatic heterocycles. The van der Waals surface area contributed by atoms with Crippen molar-refractivity contribution >= 4 is 16.7 Å². The number of benzene rings is 2. The van der Waals surface area contributed by atoms with Crippen molar-refractivity contribution in [3.63, 3.8) is 0 Å². The zero-order valence-corrected chi connectivity index (χ0v) is 11.5. The first-order chi connectivity index (χ1) is 10.1. The normalized spacial score (nSPS) is 10.8. The van der Waals surface area contributed by atoms with E-state index >= 15 is 0 Å². The van der Waals surface area contributed by atoms with Crippen LogP contribution in [0.1, 0.15) is 21.9 Å². The van der Waals surface area contributed by atoms with Crippen LogP contribution < -0.4 is 5.32 Å². The van der Waals surface area contributed by atoms with Crippen molar-refractivity contribution in [2.45, 2.75) is 13.5 Å². The molecular formula is C17H14FNO2. The van der Waals surface area contributed by atoms with Crippen LogP contribution in [-0.4, -0.2) is 5.91 Å². The van der Waals surface area contributed by atoms with Crippen LogP contribution in [0.5, 0.6) is 0 Å². The van der Waals surface area contributed by atoms with Gasteiger partial charge < -0.3 is 9.73 Å². The summed E-state index contributed by atoms with van der Waals surface area (Å²) >= 11 is 0. The highest BCUT2D eigenvalue weighted by atomic mass is 19.1. The maximum atomic E-state index is 13.7. The molecule has 0 saturated carbocycles. The highest BCUT2D eigenvalue weighted by Gasteiger charge is 2.12. The second kappa shape index (κ2) is 5.40. The third kappa shape index (κ3) is 2.65. The van der Waals surface area contributed by atoms with Crippen LogP contribution in [0, 0.1) is 12.7 Å². The lowest BCUT2D eigenvalue weighted by molar-refractivity contribution is 0.0949. The molecule has 3 rings (SSSR count). The van der Waals surface area contributed by atoms with E-state index < -0.39 is 0 Å². The summed E-state index contributed by atoms with van der Waals surface area (Å²) in [5, 5.41) is 3.83. The van der Waals surface area contributed by atoms with Gasteiger partial charge in [0, 0.05) is 10.9 Å². The molecule has 4 heteroatoms. The van der Waals surface area contributed by atoms with E-state index in [9.17, 15) is 9.18 Å². The summed E-state index contributed by atoms with van der Waals surface area (Å²) < 4.78 is 19.1. The Hall–Kier alpha value is -2.62. The predicted octanol–water partition coefficient (Wildman–Crippen LogP) is 3.81. The van der Waals surface area contributed by atoms with Gasteiger partial charge in [-0.2, -0.15) is 0 Å². The number of hydrogen-bond acceptors (Lipinski definition) is 2. The topological polar surface area (TPSA) is 42.2 Å². The molecule has 1 amide bonds. The smallest absolute Gasteiger partial charge is 0.252 e. The largest absolute Gasteiger partial charge is 0.465 e. The predicted molar refractivity (Wildman–Crippen MR) is 78.5 cm³/mol. The summed E-state index contributed by atoms with van der Waals surface area (Å²) in [7, 11) is 0. The Bertz CT molecular complexity index is 807. The van der Waals surface area contributed by atoms with Gasteiger partial charge in [0.05, 0.1) is 6.54 Å². The fourth-order valence-electron chi connectivity index (χ4n) is 2.30. The van der Waals surface area contributed by atoms with Gasteiger partial charge in [-0.25, -0.2) is 4.39 Å². The molecule has 0 aliphatic heterocycles. The number of halogens is 1. The van der Waals surface area contributed by atoms with Gasteiger partial charge >= 0.3 is 0 Å². The van der Waals surface area contributed by atoms with Crippen LogP contribution >= 0.6 is 0 Å². The van der Waals surface area contributed by atoms with Gasteiger partial charge in [-0.15, -0.1) is 0 Å². The standard InChI is InChI=1S/C17H14FNO2/c1-11-6-7-12(21-11)10-19-17(20)15-8-9-16(18)14-5-3-2-4-13(14)15/h2-9H,10H2,1H3,(H,19,20). The quantitative estimate of drug-likeness (QED) is 0.794. The molecule has 0 radical (unpaired) electrons. The molecule has 0 atom stereocenters. The van der Waals surface area contributed by atoms with Gasteiger partial charge in [-0.05, 0) is 36.6 Å². The third-order valence-electron chi connectivity index (χ3n) is 3.33. The molecule has 0 saturated heterocycles. The SMILES string of the molecule is Cc1ccc(CNC(=O)c2ccc(F)c3ccccc23)o1. The van der Waals surface area contributed by atoms with Crippen molar-refractivity contribution in [3.05, 3.63) is 71.4 Å². The first-order valence-corrected chi connectivity index (χ1v) is 6.66. The Morgan fingerprint density at radius 3 is 2.57 bits per heavy atom. The lowest BCUT2D eigenvalue weighted by atomic mass is 10.0. The van der Waals surface area contributed by atoms with Gasteiger partial charge in [-0.1, -0.05) is 24.3 Å². The maximum absolute atomic E-state index is 13.7. The molecule has 3 aromatic rings. The van der Waals surface area contributed by atoms with E-state index in [1.807, 2.05) is 19.1 Å². The van der Waals surface area contributed by atoms with Crippen molar-refractivity contribution in [1.29, 1.82) is 0 Å². The number of furan rings is 1. The molecule has 3 nitrogen and oxygen atoms in total. The van der Waals surface area contributed by atoms with Gasteiger partial charge in [0.2, 0.25) is 0 Å². The molecule has 0 spiro atoms. The number of fused-ring (bicyclic) bond motifs is 1. The summed E-state index contributed by atoms with van der Waals surface area (Å²) in [6.07, 6.45) is 0. The number of hydrogen-bond donors (Lipinski definition) is 1. The van der Waals surface area contributed by atoms with Crippen LogP contribution in [0.15, 0.2) is 52.9 Å². The Morgan fingerprint density at radius 2 is 1.86 bits per heavy atom. The van der Waals surface area contributed by atoms with E-state index in [4.69, 9.17) is 4.42 Å². The Balaban J connectivity index is 1.86. The zero-order valence-electron chi connectivity index (χ0n) is 11.5. The summed E-state index contributed by atoms with van der Waals surface area (Å²) in [6.45, 7) is 2.15. The van der Waals surface area contributed by atoms with Crippen LogP contribution in [0.2, 0.25) is 0 Å². The fraction of sp³-hybridized carbons (Fsp3) is 0.118. The molecule has 2 aromatic carbocycles. The first-order valence-electron chi connectivity index (χ1n) is 6.66. The van der Waals surface area contributed by atoms with Gasteiger partial charge in [-0.3, -0.25) is 4.79 Å². The van der Waals surface area contributed by atoms with Crippen LogP contribution in [0.3, 0.4) is 0 Å². The van der Waals surface area contributed by atoms with E-state index in [-0.39, 0.29) is 11.7 Å². The summed E-state index contributed by atoms with van der Waals surface area (Å²) in [5.41, 5.74) is 0.454. The molecular weight excluding hydrogens is 269 g/mol. The fourth-order valence-corrected chi connectivity index (χ4v) is 2.30. The van der Waals surface area contributed by atoms with E-state index in [0.29, 0.717) is 28.6 Å². The average Bonchev–Trinajstić information content (AvgIpc) is 2.91. The van der Waals surface area contributed by atoms with Gasteiger partial charge in [0.25, 0.3) is 5.91 Å².